The zero-order chi connectivity index (χ0) is 69.0. The number of likely N-dealkylation sites (tertiary alicyclic amines) is 2. The molecule has 24 nitrogen and oxygen atoms in total. The number of H-pyrrole nitrogens is 1. The number of pyridine rings is 4. The van der Waals surface area contributed by atoms with Crippen LogP contribution in [0.25, 0.3) is 55.7 Å². The van der Waals surface area contributed by atoms with Crippen molar-refractivity contribution in [3.63, 3.8) is 0 Å². The number of amides is 2. The first-order valence-corrected chi connectivity index (χ1v) is 34.4. The van der Waals surface area contributed by atoms with E-state index < -0.39 is 17.5 Å². The van der Waals surface area contributed by atoms with E-state index in [1.165, 1.54) is 0 Å². The van der Waals surface area contributed by atoms with Crippen molar-refractivity contribution in [1.82, 2.24) is 49.3 Å². The zero-order valence-electron chi connectivity index (χ0n) is 56.2. The van der Waals surface area contributed by atoms with E-state index in [0.717, 1.165) is 101 Å². The molecule has 4 aliphatic rings. The van der Waals surface area contributed by atoms with Crippen LogP contribution in [0.1, 0.15) is 128 Å². The summed E-state index contributed by atoms with van der Waals surface area (Å²) in [5.41, 5.74) is 3.95. The number of piperidine rings is 4. The van der Waals surface area contributed by atoms with Crippen LogP contribution in [0.2, 0.25) is 0 Å². The van der Waals surface area contributed by atoms with Crippen molar-refractivity contribution in [1.29, 1.82) is 10.5 Å². The SMILES string of the molecule is CC(C)(C)OC(=O)N1CCC(I)CC1.CCOC(=O)c1cc(-c2ccc(N3CCC(C#N)CC3)nc2)c2c(=O)[nH]n(-c3ccccc3)c2n1.CCOC(=O)c1cc(-c2ccc(N3CCC(C#N)CC3)nc2)c2c(OC3CCN(C(=O)OC(C)(C)C)CC3)nn(-c3ccccc3)c2n1. The molecular weight excluding hydrogens is 1350 g/mol. The lowest BCUT2D eigenvalue weighted by Crippen LogP contribution is -2.44. The Morgan fingerprint density at radius 1 is 0.577 bits per heavy atom. The van der Waals surface area contributed by atoms with Gasteiger partial charge in [0.25, 0.3) is 5.56 Å². The van der Waals surface area contributed by atoms with E-state index >= 15 is 0 Å². The zero-order valence-corrected chi connectivity index (χ0v) is 58.4. The molecule has 4 aliphatic heterocycles. The number of fused-ring (bicyclic) bond motifs is 2. The number of nitrogens with zero attached hydrogens (tertiary/aromatic N) is 13. The van der Waals surface area contributed by atoms with Gasteiger partial charge in [0.15, 0.2) is 22.7 Å². The molecule has 0 aliphatic carbocycles. The van der Waals surface area contributed by atoms with Crippen molar-refractivity contribution >= 4 is 80.4 Å². The van der Waals surface area contributed by atoms with Gasteiger partial charge < -0.3 is 43.3 Å². The monoisotopic (exact) mass is 1430 g/mol. The highest BCUT2D eigenvalue weighted by Gasteiger charge is 2.32. The predicted molar refractivity (Wildman–Crippen MR) is 376 cm³/mol. The quantitative estimate of drug-likeness (QED) is 0.0515. The Kier molecular flexibility index (Phi) is 22.8. The highest BCUT2D eigenvalue weighted by molar-refractivity contribution is 14.1. The first-order chi connectivity index (χ1) is 46.6. The summed E-state index contributed by atoms with van der Waals surface area (Å²) in [7, 11) is 0. The smallest absolute Gasteiger partial charge is 0.410 e. The lowest BCUT2D eigenvalue weighted by molar-refractivity contribution is 0.0122. The van der Waals surface area contributed by atoms with Gasteiger partial charge in [-0.1, -0.05) is 59.0 Å². The third-order valence-corrected chi connectivity index (χ3v) is 18.1. The molecule has 6 aromatic heterocycles. The fraction of sp³-hybridized carbons (Fsp3) is 0.444. The van der Waals surface area contributed by atoms with E-state index in [2.05, 4.69) is 59.6 Å². The predicted octanol–water partition coefficient (Wildman–Crippen LogP) is 12.7. The van der Waals surface area contributed by atoms with Crippen LogP contribution in [0.5, 0.6) is 5.88 Å². The summed E-state index contributed by atoms with van der Waals surface area (Å²) in [6, 6.07) is 34.6. The third kappa shape index (κ3) is 17.7. The van der Waals surface area contributed by atoms with Crippen LogP contribution in [0.3, 0.4) is 0 Å². The van der Waals surface area contributed by atoms with Crippen LogP contribution in [-0.4, -0.2) is 160 Å². The Labute approximate surface area is 577 Å². The number of nitrogens with one attached hydrogen (secondary N) is 1. The third-order valence-electron chi connectivity index (χ3n) is 16.8. The molecule has 0 radical (unpaired) electrons. The molecule has 12 rings (SSSR count). The molecule has 8 aromatic rings. The Morgan fingerprint density at radius 2 is 1.02 bits per heavy atom. The molecule has 25 heteroatoms. The molecule has 4 saturated heterocycles. The van der Waals surface area contributed by atoms with Gasteiger partial charge in [0.2, 0.25) is 5.88 Å². The number of nitriles is 2. The van der Waals surface area contributed by atoms with Gasteiger partial charge in [-0.05, 0) is 155 Å². The lowest BCUT2D eigenvalue weighted by Gasteiger charge is -2.33. The normalized spacial score (nSPS) is 15.9. The van der Waals surface area contributed by atoms with Crippen molar-refractivity contribution < 1.29 is 42.9 Å². The average Bonchev–Trinajstić information content (AvgIpc) is 1.63. The Balaban J connectivity index is 0.000000181. The Bertz CT molecular complexity index is 4180. The minimum atomic E-state index is -0.569. The number of hydrogen-bond acceptors (Lipinski definition) is 19. The van der Waals surface area contributed by atoms with Gasteiger partial charge in [-0.15, -0.1) is 5.10 Å². The summed E-state index contributed by atoms with van der Waals surface area (Å²) in [6.45, 7) is 20.9. The second-order valence-corrected chi connectivity index (χ2v) is 27.9. The van der Waals surface area contributed by atoms with Gasteiger partial charge in [0, 0.05) is 116 Å². The second-order valence-electron chi connectivity index (χ2n) is 26.1. The van der Waals surface area contributed by atoms with Crippen molar-refractivity contribution in [3.8, 4) is 51.6 Å². The molecule has 1 N–H and O–H groups in total. The molecule has 0 atom stereocenters. The molecule has 2 aromatic carbocycles. The van der Waals surface area contributed by atoms with Gasteiger partial charge in [0.05, 0.1) is 47.5 Å². The summed E-state index contributed by atoms with van der Waals surface area (Å²) < 4.78 is 32.0. The number of halogens is 1. The number of aromatic amines is 1. The largest absolute Gasteiger partial charge is 0.473 e. The maximum atomic E-state index is 13.1. The standard InChI is InChI=1S/C36H41N7O5.C26H24N6O3.C10H18INO2/c1-5-46-34(44)29-21-28(25-11-12-30(38-23-25)41-17-13-24(22-37)14-18-41)31-32(39-29)43(26-9-7-6-8-10-26)40-33(31)47-27-15-19-42(20-16-27)35(45)48-36(2,3)4;1-2-35-26(34)21-14-20(18-8-9-22(28-16-18)31-12-10-17(15-27)11-13-31)23-24(29-21)32(30-25(23)33)19-6-4-3-5-7-19;1-10(2,3)14-9(13)12-6-4-8(11)5-7-12/h6-12,21,23-24,27H,5,13-20H2,1-4H3;3-9,14,16-17H,2,10-13H2,1H3,(H,30,33);8H,4-7H2,1-3H3. The van der Waals surface area contributed by atoms with Crippen molar-refractivity contribution in [2.24, 2.45) is 11.8 Å². The average molecular weight is 1430 g/mol. The molecule has 0 spiro atoms. The molecule has 2 amide bonds. The van der Waals surface area contributed by atoms with Gasteiger partial charge in [-0.25, -0.2) is 48.5 Å². The van der Waals surface area contributed by atoms with Gasteiger partial charge in [-0.3, -0.25) is 9.89 Å². The minimum absolute atomic E-state index is 0.0797. The Morgan fingerprint density at radius 3 is 1.45 bits per heavy atom. The van der Waals surface area contributed by atoms with Crippen LogP contribution in [0.4, 0.5) is 21.2 Å². The number of esters is 2. The summed E-state index contributed by atoms with van der Waals surface area (Å²) in [4.78, 5) is 89.6. The maximum Gasteiger partial charge on any atom is 0.410 e. The fourth-order valence-corrected chi connectivity index (χ4v) is 12.4. The van der Waals surface area contributed by atoms with Crippen LogP contribution in [0.15, 0.2) is 114 Å². The number of alkyl halides is 1. The van der Waals surface area contributed by atoms with Crippen molar-refractivity contribution in [2.45, 2.75) is 128 Å². The number of benzene rings is 2. The first kappa shape index (κ1) is 70.2. The Hall–Kier alpha value is -9.63. The number of ether oxygens (including phenoxy) is 5. The van der Waals surface area contributed by atoms with Gasteiger partial charge in [0.1, 0.15) is 28.9 Å². The van der Waals surface area contributed by atoms with Crippen LogP contribution in [0, 0.1) is 34.5 Å². The molecule has 10 heterocycles. The van der Waals surface area contributed by atoms with E-state index in [9.17, 15) is 29.2 Å². The van der Waals surface area contributed by atoms with Crippen LogP contribution in [-0.2, 0) is 18.9 Å². The maximum absolute atomic E-state index is 13.1. The van der Waals surface area contributed by atoms with E-state index in [1.54, 1.807) is 57.5 Å². The molecule has 97 heavy (non-hydrogen) atoms. The first-order valence-electron chi connectivity index (χ1n) is 33.1. The number of carbonyl (C=O) groups excluding carboxylic acids is 4. The van der Waals surface area contributed by atoms with Crippen LogP contribution < -0.4 is 20.1 Å². The van der Waals surface area contributed by atoms with E-state index in [1.807, 2.05) is 126 Å². The number of para-hydroxylation sites is 2. The topological polar surface area (TPSA) is 282 Å². The van der Waals surface area contributed by atoms with E-state index in [4.69, 9.17) is 44.0 Å². The molecular formula is C72H83IN14O10. The number of hydrogen-bond donors (Lipinski definition) is 1. The number of aromatic nitrogens is 8. The molecule has 0 saturated carbocycles. The summed E-state index contributed by atoms with van der Waals surface area (Å²) in [6.07, 6.45) is 9.40. The molecule has 508 valence electrons. The van der Waals surface area contributed by atoms with Gasteiger partial charge >= 0.3 is 24.1 Å². The summed E-state index contributed by atoms with van der Waals surface area (Å²) in [5.74, 6) is 1.10. The number of anilines is 2. The highest BCUT2D eigenvalue weighted by Crippen LogP contribution is 2.39. The highest BCUT2D eigenvalue weighted by atomic mass is 127. The second kappa shape index (κ2) is 31.5. The van der Waals surface area contributed by atoms with Crippen molar-refractivity contribution in [3.05, 3.63) is 131 Å². The van der Waals surface area contributed by atoms with Gasteiger partial charge in [-0.2, -0.15) is 10.5 Å². The lowest BCUT2D eigenvalue weighted by atomic mass is 9.98. The number of rotatable bonds is 12. The number of carbonyl (C=O) groups is 4. The van der Waals surface area contributed by atoms with Crippen molar-refractivity contribution in [2.75, 3.05) is 75.4 Å². The van der Waals surface area contributed by atoms with E-state index in [-0.39, 0.29) is 65.9 Å². The molecule has 0 unspecified atom stereocenters. The molecule has 0 bridgehead atoms. The summed E-state index contributed by atoms with van der Waals surface area (Å²) >= 11 is 2.44. The van der Waals surface area contributed by atoms with E-state index in [0.29, 0.717) is 80.2 Å². The minimum Gasteiger partial charge on any atom is -0.473 e. The van der Waals surface area contributed by atoms with Crippen LogP contribution >= 0.6 is 22.6 Å². The molecule has 4 fully saturated rings. The fourth-order valence-electron chi connectivity index (χ4n) is 11.8. The summed E-state index contributed by atoms with van der Waals surface area (Å²) in [5, 5.41) is 27.2.